The van der Waals surface area contributed by atoms with E-state index in [4.69, 9.17) is 0 Å². The van der Waals surface area contributed by atoms with E-state index < -0.39 is 20.0 Å². The topological polar surface area (TPSA) is 83.6 Å². The van der Waals surface area contributed by atoms with E-state index in [2.05, 4.69) is 34.5 Å². The second-order valence-electron chi connectivity index (χ2n) is 6.96. The molecule has 1 aromatic heterocycles. The van der Waals surface area contributed by atoms with Gasteiger partial charge in [0.25, 0.3) is 10.0 Å². The Hall–Kier alpha value is -0.940. The number of hydrogen-bond donors (Lipinski definition) is 1. The molecule has 0 spiro atoms. The highest BCUT2D eigenvalue weighted by atomic mass is 79.9. The minimum absolute atomic E-state index is 0.172. The summed E-state index contributed by atoms with van der Waals surface area (Å²) in [5, 5.41) is 0. The quantitative estimate of drug-likeness (QED) is 0.683. The second kappa shape index (κ2) is 7.82. The molecule has 1 aliphatic rings. The van der Waals surface area contributed by atoms with Crippen LogP contribution in [0.4, 0.5) is 5.69 Å². The Morgan fingerprint density at radius 2 is 1.59 bits per heavy atom. The van der Waals surface area contributed by atoms with Gasteiger partial charge < -0.3 is 0 Å². The number of anilines is 1. The van der Waals surface area contributed by atoms with Crippen LogP contribution < -0.4 is 4.72 Å². The molecule has 1 aliphatic heterocycles. The van der Waals surface area contributed by atoms with Crippen molar-refractivity contribution in [3.8, 4) is 0 Å². The zero-order chi connectivity index (χ0) is 19.8. The number of rotatable bonds is 5. The highest BCUT2D eigenvalue weighted by Crippen LogP contribution is 2.29. The van der Waals surface area contributed by atoms with E-state index in [0.717, 1.165) is 17.8 Å². The summed E-state index contributed by atoms with van der Waals surface area (Å²) in [7, 11) is -7.28. The summed E-state index contributed by atoms with van der Waals surface area (Å²) in [6.45, 7) is 5.13. The molecule has 2 aromatic rings. The van der Waals surface area contributed by atoms with Crippen LogP contribution in [0.2, 0.25) is 0 Å². The van der Waals surface area contributed by atoms with Crippen LogP contribution in [-0.2, 0) is 20.0 Å². The maximum Gasteiger partial charge on any atom is 0.271 e. The van der Waals surface area contributed by atoms with E-state index in [0.29, 0.717) is 34.4 Å². The molecule has 27 heavy (non-hydrogen) atoms. The number of benzene rings is 1. The Kier molecular flexibility index (Phi) is 6.02. The molecular formula is C17H21BrN2O4S3. The van der Waals surface area contributed by atoms with E-state index in [-0.39, 0.29) is 9.10 Å². The fourth-order valence-electron chi connectivity index (χ4n) is 3.29. The monoisotopic (exact) mass is 492 g/mol. The van der Waals surface area contributed by atoms with Crippen molar-refractivity contribution in [3.63, 3.8) is 0 Å². The first-order valence-corrected chi connectivity index (χ1v) is 13.0. The fourth-order valence-corrected chi connectivity index (χ4v) is 8.04. The van der Waals surface area contributed by atoms with Crippen LogP contribution in [0.15, 0.2) is 49.3 Å². The first-order chi connectivity index (χ1) is 12.6. The largest absolute Gasteiger partial charge is 0.279 e. The van der Waals surface area contributed by atoms with Crippen LogP contribution in [0, 0.1) is 11.8 Å². The number of thiophene rings is 1. The molecule has 3 rings (SSSR count). The van der Waals surface area contributed by atoms with Crippen molar-refractivity contribution in [2.75, 3.05) is 17.8 Å². The first-order valence-electron chi connectivity index (χ1n) is 8.46. The van der Waals surface area contributed by atoms with E-state index in [9.17, 15) is 16.8 Å². The normalized spacial score (nSPS) is 21.9. The van der Waals surface area contributed by atoms with Gasteiger partial charge in [0, 0.05) is 18.8 Å². The lowest BCUT2D eigenvalue weighted by Gasteiger charge is -2.34. The predicted molar refractivity (Wildman–Crippen MR) is 111 cm³/mol. The van der Waals surface area contributed by atoms with Crippen molar-refractivity contribution >= 4 is 53.0 Å². The molecule has 0 aliphatic carbocycles. The lowest BCUT2D eigenvalue weighted by atomic mass is 9.94. The van der Waals surface area contributed by atoms with Crippen LogP contribution in [-0.4, -0.2) is 34.2 Å². The smallest absolute Gasteiger partial charge is 0.271 e. The number of halogens is 1. The SMILES string of the molecule is C[C@H]1C[C@H](C)CN(S(=O)(=O)c2ccc(NS(=O)(=O)c3ccc(Br)s3)cc2)C1. The van der Waals surface area contributed by atoms with Gasteiger partial charge in [-0.15, -0.1) is 11.3 Å². The molecule has 0 bridgehead atoms. The van der Waals surface area contributed by atoms with E-state index >= 15 is 0 Å². The van der Waals surface area contributed by atoms with Crippen LogP contribution >= 0.6 is 27.3 Å². The summed E-state index contributed by atoms with van der Waals surface area (Å²) in [5.41, 5.74) is 0.318. The standard InChI is InChI=1S/C17H21BrN2O4S3/c1-12-9-13(2)11-20(10-12)27(23,24)15-5-3-14(4-6-15)19-26(21,22)17-8-7-16(18)25-17/h3-8,12-13,19H,9-11H2,1-2H3/t12-,13-/m0/s1. The van der Waals surface area contributed by atoms with Crippen molar-refractivity contribution in [1.29, 1.82) is 0 Å². The maximum absolute atomic E-state index is 12.9. The van der Waals surface area contributed by atoms with Crippen LogP contribution in [0.3, 0.4) is 0 Å². The highest BCUT2D eigenvalue weighted by molar-refractivity contribution is 9.11. The van der Waals surface area contributed by atoms with Crippen molar-refractivity contribution in [3.05, 3.63) is 40.2 Å². The third-order valence-corrected chi connectivity index (χ3v) is 9.74. The Bertz CT molecular complexity index is 1010. The minimum Gasteiger partial charge on any atom is -0.279 e. The molecule has 1 aromatic carbocycles. The summed E-state index contributed by atoms with van der Waals surface area (Å²) < 4.78 is 55.4. The van der Waals surface area contributed by atoms with Gasteiger partial charge in [0.1, 0.15) is 4.21 Å². The fraction of sp³-hybridized carbons (Fsp3) is 0.412. The number of hydrogen-bond acceptors (Lipinski definition) is 5. The lowest BCUT2D eigenvalue weighted by molar-refractivity contribution is 0.222. The second-order valence-corrected chi connectivity index (χ2v) is 13.3. The number of nitrogens with zero attached hydrogens (tertiary/aromatic N) is 1. The Morgan fingerprint density at radius 3 is 2.11 bits per heavy atom. The van der Waals surface area contributed by atoms with Crippen LogP contribution in [0.5, 0.6) is 0 Å². The summed E-state index contributed by atoms with van der Waals surface area (Å²) in [5.74, 6) is 0.638. The summed E-state index contributed by atoms with van der Waals surface area (Å²) >= 11 is 4.35. The third-order valence-electron chi connectivity index (χ3n) is 4.39. The van der Waals surface area contributed by atoms with Crippen molar-refractivity contribution in [2.45, 2.75) is 29.4 Å². The maximum atomic E-state index is 12.9. The molecule has 1 fully saturated rings. The Labute approximate surface area is 172 Å². The molecule has 148 valence electrons. The summed E-state index contributed by atoms with van der Waals surface area (Å²) in [6, 6.07) is 9.01. The van der Waals surface area contributed by atoms with E-state index in [1.807, 2.05) is 0 Å². The van der Waals surface area contributed by atoms with Crippen LogP contribution in [0.1, 0.15) is 20.3 Å². The molecule has 1 saturated heterocycles. The molecule has 6 nitrogen and oxygen atoms in total. The van der Waals surface area contributed by atoms with Crippen molar-refractivity contribution in [2.24, 2.45) is 11.8 Å². The molecule has 10 heteroatoms. The van der Waals surface area contributed by atoms with Gasteiger partial charge in [0.2, 0.25) is 10.0 Å². The zero-order valence-electron chi connectivity index (χ0n) is 14.9. The lowest BCUT2D eigenvalue weighted by Crippen LogP contribution is -2.42. The average Bonchev–Trinajstić information content (AvgIpc) is 3.01. The molecule has 0 amide bonds. The van der Waals surface area contributed by atoms with Gasteiger partial charge in [-0.05, 0) is 70.6 Å². The van der Waals surface area contributed by atoms with E-state index in [1.165, 1.54) is 34.6 Å². The number of piperidine rings is 1. The van der Waals surface area contributed by atoms with Crippen molar-refractivity contribution < 1.29 is 16.8 Å². The molecule has 2 atom stereocenters. The van der Waals surface area contributed by atoms with Gasteiger partial charge in [-0.3, -0.25) is 4.72 Å². The van der Waals surface area contributed by atoms with Gasteiger partial charge in [-0.1, -0.05) is 13.8 Å². The first kappa shape index (κ1) is 20.8. The predicted octanol–water partition coefficient (Wildman–Crippen LogP) is 3.98. The van der Waals surface area contributed by atoms with Gasteiger partial charge in [0.05, 0.1) is 8.68 Å². The van der Waals surface area contributed by atoms with Gasteiger partial charge in [0.15, 0.2) is 0 Å². The van der Waals surface area contributed by atoms with Gasteiger partial charge in [-0.2, -0.15) is 4.31 Å². The van der Waals surface area contributed by atoms with Gasteiger partial charge in [-0.25, -0.2) is 16.8 Å². The third kappa shape index (κ3) is 4.73. The Balaban J connectivity index is 1.79. The molecular weight excluding hydrogens is 472 g/mol. The summed E-state index contributed by atoms with van der Waals surface area (Å²) in [6.07, 6.45) is 1.02. The molecule has 2 heterocycles. The molecule has 1 N–H and O–H groups in total. The average molecular weight is 493 g/mol. The number of nitrogens with one attached hydrogen (secondary N) is 1. The highest BCUT2D eigenvalue weighted by Gasteiger charge is 2.31. The molecule has 0 unspecified atom stereocenters. The molecule has 0 saturated carbocycles. The van der Waals surface area contributed by atoms with Crippen molar-refractivity contribution in [1.82, 2.24) is 4.31 Å². The van der Waals surface area contributed by atoms with Gasteiger partial charge >= 0.3 is 0 Å². The van der Waals surface area contributed by atoms with Crippen LogP contribution in [0.25, 0.3) is 0 Å². The summed E-state index contributed by atoms with van der Waals surface area (Å²) in [4.78, 5) is 0.172. The minimum atomic E-state index is -3.70. The van der Waals surface area contributed by atoms with E-state index in [1.54, 1.807) is 6.07 Å². The Morgan fingerprint density at radius 1 is 1.00 bits per heavy atom. The zero-order valence-corrected chi connectivity index (χ0v) is 19.0. The number of sulfonamides is 2. The molecule has 0 radical (unpaired) electrons.